The van der Waals surface area contributed by atoms with E-state index in [1.807, 2.05) is 13.8 Å². The van der Waals surface area contributed by atoms with E-state index in [9.17, 15) is 24.0 Å². The van der Waals surface area contributed by atoms with Crippen molar-refractivity contribution in [3.8, 4) is 11.5 Å². The molecule has 2 aliphatic heterocycles. The predicted molar refractivity (Wildman–Crippen MR) is 205 cm³/mol. The lowest BCUT2D eigenvalue weighted by atomic mass is 9.45. The first-order valence-corrected chi connectivity index (χ1v) is 19.8. The molecular formula is C40H53BFN5O10. The third-order valence-electron chi connectivity index (χ3n) is 12.1. The van der Waals surface area contributed by atoms with Gasteiger partial charge >= 0.3 is 30.9 Å². The molecule has 17 heteroatoms. The van der Waals surface area contributed by atoms with Gasteiger partial charge in [0.2, 0.25) is 5.91 Å². The highest BCUT2D eigenvalue weighted by atomic mass is 19.1. The van der Waals surface area contributed by atoms with Gasteiger partial charge in [-0.1, -0.05) is 39.3 Å². The molecule has 2 saturated heterocycles. The van der Waals surface area contributed by atoms with Crippen LogP contribution in [0.1, 0.15) is 94.9 Å². The fourth-order valence-electron chi connectivity index (χ4n) is 8.68. The van der Waals surface area contributed by atoms with E-state index in [0.29, 0.717) is 23.0 Å². The number of unbranched alkanes of at least 4 members (excludes halogenated alkanes) is 1. The fourth-order valence-corrected chi connectivity index (χ4v) is 8.68. The number of piperazine rings is 1. The molecule has 0 spiro atoms. The van der Waals surface area contributed by atoms with Crippen LogP contribution >= 0.6 is 0 Å². The average Bonchev–Trinajstić information content (AvgIpc) is 3.55. The van der Waals surface area contributed by atoms with E-state index in [-0.39, 0.29) is 67.2 Å². The summed E-state index contributed by atoms with van der Waals surface area (Å²) in [5, 5.41) is 5.42. The molecule has 5 amide bonds. The second kappa shape index (κ2) is 17.0. The molecule has 3 aliphatic carbocycles. The topological polar surface area (TPSA) is 175 Å². The van der Waals surface area contributed by atoms with Crippen LogP contribution in [0.5, 0.6) is 11.5 Å². The molecule has 6 atom stereocenters. The van der Waals surface area contributed by atoms with Crippen LogP contribution in [0, 0.1) is 23.1 Å². The maximum atomic E-state index is 16.0. The molecule has 15 nitrogen and oxygen atoms in total. The van der Waals surface area contributed by atoms with Gasteiger partial charge in [-0.05, 0) is 75.3 Å². The molecule has 1 aromatic heterocycles. The summed E-state index contributed by atoms with van der Waals surface area (Å²) in [5.41, 5.74) is -0.382. The molecule has 3 heterocycles. The van der Waals surface area contributed by atoms with Crippen molar-refractivity contribution in [2.45, 2.75) is 97.3 Å². The van der Waals surface area contributed by atoms with Gasteiger partial charge in [0.25, 0.3) is 0 Å². The number of carbonyl (C=O) groups is 5. The zero-order valence-electron chi connectivity index (χ0n) is 33.7. The number of pyridine rings is 1. The van der Waals surface area contributed by atoms with Crippen LogP contribution < -0.4 is 20.1 Å². The molecule has 0 radical (unpaired) electrons. The van der Waals surface area contributed by atoms with Gasteiger partial charge in [0.05, 0.1) is 44.2 Å². The molecule has 5 aliphatic rings. The van der Waals surface area contributed by atoms with Crippen LogP contribution in [0.15, 0.2) is 30.5 Å². The van der Waals surface area contributed by atoms with Crippen molar-refractivity contribution in [2.24, 2.45) is 17.3 Å². The molecule has 57 heavy (non-hydrogen) atoms. The van der Waals surface area contributed by atoms with Crippen LogP contribution in [0.4, 0.5) is 9.18 Å². The van der Waals surface area contributed by atoms with Gasteiger partial charge in [-0.25, -0.2) is 14.0 Å². The maximum absolute atomic E-state index is 16.0. The third kappa shape index (κ3) is 8.18. The molecule has 7 rings (SSSR count). The Morgan fingerprint density at radius 2 is 1.88 bits per heavy atom. The summed E-state index contributed by atoms with van der Waals surface area (Å²) < 4.78 is 46.0. The third-order valence-corrected chi connectivity index (χ3v) is 12.1. The number of para-hydroxylation sites is 1. The van der Waals surface area contributed by atoms with E-state index in [1.165, 1.54) is 18.2 Å². The van der Waals surface area contributed by atoms with Gasteiger partial charge in [0.15, 0.2) is 11.9 Å². The van der Waals surface area contributed by atoms with Crippen molar-refractivity contribution >= 4 is 36.8 Å². The minimum absolute atomic E-state index is 0.0138. The van der Waals surface area contributed by atoms with E-state index in [1.54, 1.807) is 32.0 Å². The number of imide groups is 1. The predicted octanol–water partition coefficient (Wildman–Crippen LogP) is 4.02. The lowest BCUT2D eigenvalue weighted by Gasteiger charge is -2.63. The smallest absolute Gasteiger partial charge is 0.482 e. The van der Waals surface area contributed by atoms with Crippen molar-refractivity contribution in [1.29, 1.82) is 0 Å². The molecule has 3 saturated carbocycles. The second-order valence-electron chi connectivity index (χ2n) is 15.9. The summed E-state index contributed by atoms with van der Waals surface area (Å²) >= 11 is 0. The first-order chi connectivity index (χ1) is 27.2. The van der Waals surface area contributed by atoms with Gasteiger partial charge in [0, 0.05) is 25.7 Å². The zero-order chi connectivity index (χ0) is 41.2. The van der Waals surface area contributed by atoms with Crippen molar-refractivity contribution in [1.82, 2.24) is 25.4 Å². The minimum atomic E-state index is -1.80. The highest BCUT2D eigenvalue weighted by Crippen LogP contribution is 2.64. The molecule has 308 valence electrons. The highest BCUT2D eigenvalue weighted by Gasteiger charge is 2.67. The Hall–Kier alpha value is -4.77. The van der Waals surface area contributed by atoms with E-state index in [4.69, 9.17) is 23.5 Å². The van der Waals surface area contributed by atoms with Crippen molar-refractivity contribution < 1.29 is 51.9 Å². The fraction of sp³-hybridized carbons (Fsp3) is 0.600. The SMILES string of the molecule is CCCCOc1cnc(C(NC(=O)N2CCN(CC)C(=O)C2=O)C(=O)N[C@@H](Cc2cccc(C(=O)OCC)c2OC)B2O[C@@H]3[C@@H]4C[C@H](C[C@]3(C)O2)C4(C)C)c(F)c1. The monoisotopic (exact) mass is 793 g/mol. The number of amides is 5. The van der Waals surface area contributed by atoms with Crippen molar-refractivity contribution in [2.75, 3.05) is 40.0 Å². The Bertz CT molecular complexity index is 1880. The number of methoxy groups -OCH3 is 1. The van der Waals surface area contributed by atoms with Crippen LogP contribution in [0.25, 0.3) is 0 Å². The number of ether oxygens (including phenoxy) is 3. The second-order valence-corrected chi connectivity index (χ2v) is 15.9. The highest BCUT2D eigenvalue weighted by molar-refractivity contribution is 6.48. The largest absolute Gasteiger partial charge is 0.496 e. The number of hydrogen-bond donors (Lipinski definition) is 2. The number of halogens is 1. The van der Waals surface area contributed by atoms with Crippen LogP contribution in [-0.4, -0.2) is 109 Å². The van der Waals surface area contributed by atoms with Gasteiger partial charge in [-0.2, -0.15) is 0 Å². The Kier molecular flexibility index (Phi) is 12.5. The summed E-state index contributed by atoms with van der Waals surface area (Å²) in [6.45, 7) is 12.5. The first kappa shape index (κ1) is 41.9. The van der Waals surface area contributed by atoms with E-state index >= 15 is 4.39 Å². The Morgan fingerprint density at radius 3 is 2.54 bits per heavy atom. The lowest BCUT2D eigenvalue weighted by Crippen LogP contribution is -2.63. The zero-order valence-corrected chi connectivity index (χ0v) is 33.7. The van der Waals surface area contributed by atoms with E-state index < -0.39 is 65.9 Å². The lowest BCUT2D eigenvalue weighted by molar-refractivity contribution is -0.185. The number of nitrogens with one attached hydrogen (secondary N) is 2. The molecule has 1 aromatic carbocycles. The number of hydrogen-bond acceptors (Lipinski definition) is 11. The van der Waals surface area contributed by atoms with E-state index in [2.05, 4.69) is 29.5 Å². The summed E-state index contributed by atoms with van der Waals surface area (Å²) in [6, 6.07) is 3.18. The summed E-state index contributed by atoms with van der Waals surface area (Å²) in [7, 11) is 0.407. The quantitative estimate of drug-likeness (QED) is 0.115. The molecule has 2 aromatic rings. The number of likely N-dealkylation sites (N-methyl/N-ethyl adjacent to an activating group) is 1. The number of benzene rings is 1. The summed E-state index contributed by atoms with van der Waals surface area (Å²) in [4.78, 5) is 73.2. The van der Waals surface area contributed by atoms with Crippen molar-refractivity contribution in [3.63, 3.8) is 0 Å². The molecule has 2 N–H and O–H groups in total. The molecule has 2 bridgehead atoms. The number of nitrogens with zero attached hydrogens (tertiary/aromatic N) is 3. The number of rotatable bonds is 15. The number of carbonyl (C=O) groups excluding carboxylic acids is 5. The summed E-state index contributed by atoms with van der Waals surface area (Å²) in [6.07, 6.45) is 4.29. The molecular weight excluding hydrogens is 740 g/mol. The maximum Gasteiger partial charge on any atom is 0.482 e. The van der Waals surface area contributed by atoms with E-state index in [0.717, 1.165) is 31.7 Å². The first-order valence-electron chi connectivity index (χ1n) is 19.8. The summed E-state index contributed by atoms with van der Waals surface area (Å²) in [5.74, 6) is -4.38. The normalized spacial score (nSPS) is 24.6. The van der Waals surface area contributed by atoms with Crippen LogP contribution in [0.2, 0.25) is 0 Å². The van der Waals surface area contributed by atoms with Crippen LogP contribution in [0.3, 0.4) is 0 Å². The molecule has 5 fully saturated rings. The number of esters is 1. The van der Waals surface area contributed by atoms with Gasteiger partial charge in [-0.15, -0.1) is 0 Å². The number of aromatic nitrogens is 1. The Morgan fingerprint density at radius 1 is 1.11 bits per heavy atom. The minimum Gasteiger partial charge on any atom is -0.496 e. The Balaban J connectivity index is 1.35. The average molecular weight is 794 g/mol. The van der Waals surface area contributed by atoms with Gasteiger partial charge < -0.3 is 39.1 Å². The standard InChI is InChI=1S/C40H53BFN5O10/c1-8-11-17-55-25-20-28(42)30(43-22-25)31(45-38(52)47-16-15-46(9-2)35(49)36(47)50)34(48)44-29(18-23-13-12-14-26(32(23)53-7)37(51)54-10-3)41-56-33-27-19-24(39(27,4)5)21-40(33,6)57-41/h12-14,20,22,24,27,29,31,33H,8-11,15-19,21H2,1-7H3,(H,44,48)(H,45,52)/t24-,27+,29+,31?,33-,40+/m1/s1. The van der Waals surface area contributed by atoms with Crippen LogP contribution in [-0.2, 0) is 34.9 Å². The molecule has 1 unspecified atom stereocenters. The van der Waals surface area contributed by atoms with Crippen molar-refractivity contribution in [3.05, 3.63) is 53.1 Å². The van der Waals surface area contributed by atoms with Gasteiger partial charge in [-0.3, -0.25) is 24.3 Å². The number of urea groups is 1. The van der Waals surface area contributed by atoms with Gasteiger partial charge in [0.1, 0.15) is 22.8 Å². The Labute approximate surface area is 332 Å².